The number of amides is 1. The van der Waals surface area contributed by atoms with Gasteiger partial charge in [-0.3, -0.25) is 9.78 Å². The van der Waals surface area contributed by atoms with Gasteiger partial charge in [-0.1, -0.05) is 6.07 Å². The topological polar surface area (TPSA) is 45.2 Å². The number of hydrogen-bond donors (Lipinski definition) is 1. The average Bonchev–Trinajstić information content (AvgIpc) is 2.63. The Labute approximate surface area is 101 Å². The third kappa shape index (κ3) is 1.93. The molecule has 1 aromatic rings. The van der Waals surface area contributed by atoms with Crippen molar-refractivity contribution >= 4 is 5.91 Å². The van der Waals surface area contributed by atoms with Crippen molar-refractivity contribution in [1.29, 1.82) is 0 Å². The lowest BCUT2D eigenvalue weighted by Gasteiger charge is -2.27. The molecule has 2 aliphatic heterocycles. The third-order valence-electron chi connectivity index (χ3n) is 3.77. The minimum Gasteiger partial charge on any atom is -0.330 e. The molecule has 4 heteroatoms. The molecular weight excluding hydrogens is 214 g/mol. The number of aromatic nitrogens is 1. The molecule has 0 aromatic carbocycles. The average molecular weight is 231 g/mol. The van der Waals surface area contributed by atoms with E-state index in [4.69, 9.17) is 0 Å². The first kappa shape index (κ1) is 10.7. The summed E-state index contributed by atoms with van der Waals surface area (Å²) in [5.74, 6) is 0.0989. The molecule has 2 aliphatic rings. The number of pyridine rings is 1. The van der Waals surface area contributed by atoms with Crippen molar-refractivity contribution in [3.8, 4) is 0 Å². The van der Waals surface area contributed by atoms with Crippen molar-refractivity contribution in [2.45, 2.75) is 31.3 Å². The smallest absolute Gasteiger partial charge is 0.272 e. The number of nitrogens with one attached hydrogen (secondary N) is 1. The van der Waals surface area contributed by atoms with E-state index in [1.807, 2.05) is 12.1 Å². The molecule has 3 heterocycles. The van der Waals surface area contributed by atoms with E-state index in [1.54, 1.807) is 12.3 Å². The number of carbonyl (C=O) groups excluding carboxylic acids is 1. The lowest BCUT2D eigenvalue weighted by atomic mass is 10.1. The van der Waals surface area contributed by atoms with Gasteiger partial charge in [0, 0.05) is 24.8 Å². The molecule has 1 aromatic heterocycles. The van der Waals surface area contributed by atoms with Crippen molar-refractivity contribution in [1.82, 2.24) is 15.2 Å². The lowest BCUT2D eigenvalue weighted by Crippen LogP contribution is -2.42. The van der Waals surface area contributed by atoms with Crippen molar-refractivity contribution in [2.75, 3.05) is 13.1 Å². The van der Waals surface area contributed by atoms with Crippen LogP contribution in [-0.4, -0.2) is 41.0 Å². The maximum absolute atomic E-state index is 12.4. The number of nitrogens with zero attached hydrogens (tertiary/aromatic N) is 2. The summed E-state index contributed by atoms with van der Waals surface area (Å²) in [5, 5.41) is 3.40. The Balaban J connectivity index is 1.86. The molecule has 2 unspecified atom stereocenters. The second-order valence-corrected chi connectivity index (χ2v) is 4.81. The molecule has 1 N–H and O–H groups in total. The molecule has 2 saturated heterocycles. The van der Waals surface area contributed by atoms with Crippen LogP contribution in [0.4, 0.5) is 0 Å². The summed E-state index contributed by atoms with van der Waals surface area (Å²) in [7, 11) is 0. The monoisotopic (exact) mass is 231 g/mol. The van der Waals surface area contributed by atoms with Crippen LogP contribution in [0.1, 0.15) is 29.8 Å². The van der Waals surface area contributed by atoms with Crippen molar-refractivity contribution in [2.24, 2.45) is 0 Å². The van der Waals surface area contributed by atoms with Crippen LogP contribution in [-0.2, 0) is 0 Å². The van der Waals surface area contributed by atoms with Gasteiger partial charge in [-0.15, -0.1) is 0 Å². The highest BCUT2D eigenvalue weighted by molar-refractivity contribution is 5.93. The summed E-state index contributed by atoms with van der Waals surface area (Å²) in [5.41, 5.74) is 0.575. The van der Waals surface area contributed by atoms with Crippen LogP contribution < -0.4 is 5.32 Å². The molecule has 3 rings (SSSR count). The van der Waals surface area contributed by atoms with E-state index in [2.05, 4.69) is 15.2 Å². The molecule has 2 atom stereocenters. The zero-order chi connectivity index (χ0) is 11.7. The summed E-state index contributed by atoms with van der Waals surface area (Å²) in [6.45, 7) is 1.95. The first-order valence-electron chi connectivity index (χ1n) is 6.30. The summed E-state index contributed by atoms with van der Waals surface area (Å²) in [6, 6.07) is 6.29. The van der Waals surface area contributed by atoms with Gasteiger partial charge < -0.3 is 10.2 Å². The Morgan fingerprint density at radius 3 is 3.00 bits per heavy atom. The van der Waals surface area contributed by atoms with Gasteiger partial charge in [0.2, 0.25) is 0 Å². The van der Waals surface area contributed by atoms with E-state index in [-0.39, 0.29) is 5.91 Å². The third-order valence-corrected chi connectivity index (χ3v) is 3.77. The van der Waals surface area contributed by atoms with Gasteiger partial charge in [-0.05, 0) is 37.9 Å². The SMILES string of the molecule is O=C(c1ccccn1)N1C2CCNCC1CC2. The van der Waals surface area contributed by atoms with E-state index in [0.29, 0.717) is 17.8 Å². The van der Waals surface area contributed by atoms with Crippen LogP contribution in [0.3, 0.4) is 0 Å². The van der Waals surface area contributed by atoms with Crippen LogP contribution in [0.15, 0.2) is 24.4 Å². The molecule has 0 aliphatic carbocycles. The standard InChI is InChI=1S/C13H17N3O/c17-13(12-3-1-2-7-15-12)16-10-4-5-11(16)9-14-8-6-10/h1-3,7,10-11,14H,4-6,8-9H2. The first-order chi connectivity index (χ1) is 8.36. The fourth-order valence-electron chi connectivity index (χ4n) is 2.94. The number of carbonyl (C=O) groups is 1. The predicted octanol–water partition coefficient (Wildman–Crippen LogP) is 1.05. The predicted molar refractivity (Wildman–Crippen MR) is 64.7 cm³/mol. The van der Waals surface area contributed by atoms with Crippen LogP contribution >= 0.6 is 0 Å². The van der Waals surface area contributed by atoms with Crippen molar-refractivity contribution in [3.63, 3.8) is 0 Å². The van der Waals surface area contributed by atoms with Gasteiger partial charge in [0.1, 0.15) is 5.69 Å². The number of rotatable bonds is 1. The Morgan fingerprint density at radius 1 is 1.29 bits per heavy atom. The maximum Gasteiger partial charge on any atom is 0.272 e. The lowest BCUT2D eigenvalue weighted by molar-refractivity contribution is 0.0674. The Hall–Kier alpha value is -1.42. The highest BCUT2D eigenvalue weighted by Gasteiger charge is 2.38. The van der Waals surface area contributed by atoms with Crippen molar-refractivity contribution < 1.29 is 4.79 Å². The molecule has 2 fully saturated rings. The minimum absolute atomic E-state index is 0.0989. The van der Waals surface area contributed by atoms with Gasteiger partial charge in [-0.2, -0.15) is 0 Å². The van der Waals surface area contributed by atoms with Gasteiger partial charge in [-0.25, -0.2) is 0 Å². The molecule has 2 bridgehead atoms. The Kier molecular flexibility index (Phi) is 2.81. The largest absolute Gasteiger partial charge is 0.330 e. The molecule has 0 spiro atoms. The van der Waals surface area contributed by atoms with Crippen molar-refractivity contribution in [3.05, 3.63) is 30.1 Å². The van der Waals surface area contributed by atoms with E-state index < -0.39 is 0 Å². The van der Waals surface area contributed by atoms with Crippen LogP contribution in [0.25, 0.3) is 0 Å². The van der Waals surface area contributed by atoms with Crippen LogP contribution in [0.2, 0.25) is 0 Å². The van der Waals surface area contributed by atoms with E-state index in [9.17, 15) is 4.79 Å². The minimum atomic E-state index is 0.0989. The van der Waals surface area contributed by atoms with Gasteiger partial charge >= 0.3 is 0 Å². The molecule has 1 amide bonds. The van der Waals surface area contributed by atoms with Gasteiger partial charge in [0.15, 0.2) is 0 Å². The highest BCUT2D eigenvalue weighted by Crippen LogP contribution is 2.29. The molecule has 4 nitrogen and oxygen atoms in total. The van der Waals surface area contributed by atoms with E-state index >= 15 is 0 Å². The molecule has 90 valence electrons. The zero-order valence-electron chi connectivity index (χ0n) is 9.80. The fraction of sp³-hybridized carbons (Fsp3) is 0.538. The summed E-state index contributed by atoms with van der Waals surface area (Å²) in [6.07, 6.45) is 5.02. The van der Waals surface area contributed by atoms with Gasteiger partial charge in [0.25, 0.3) is 5.91 Å². The van der Waals surface area contributed by atoms with E-state index in [1.165, 1.54) is 0 Å². The Bertz CT molecular complexity index is 392. The summed E-state index contributed by atoms with van der Waals surface area (Å²) in [4.78, 5) is 18.7. The second kappa shape index (κ2) is 4.45. The van der Waals surface area contributed by atoms with E-state index in [0.717, 1.165) is 32.4 Å². The second-order valence-electron chi connectivity index (χ2n) is 4.81. The normalized spacial score (nSPS) is 27.9. The zero-order valence-corrected chi connectivity index (χ0v) is 9.80. The van der Waals surface area contributed by atoms with Gasteiger partial charge in [0.05, 0.1) is 0 Å². The summed E-state index contributed by atoms with van der Waals surface area (Å²) < 4.78 is 0. The molecular formula is C13H17N3O. The Morgan fingerprint density at radius 2 is 2.18 bits per heavy atom. The molecule has 0 saturated carbocycles. The maximum atomic E-state index is 12.4. The first-order valence-corrected chi connectivity index (χ1v) is 6.30. The quantitative estimate of drug-likeness (QED) is 0.785. The number of fused-ring (bicyclic) bond motifs is 2. The molecule has 0 radical (unpaired) electrons. The van der Waals surface area contributed by atoms with Crippen LogP contribution in [0, 0.1) is 0 Å². The fourth-order valence-corrected chi connectivity index (χ4v) is 2.94. The molecule has 17 heavy (non-hydrogen) atoms. The summed E-state index contributed by atoms with van der Waals surface area (Å²) >= 11 is 0. The highest BCUT2D eigenvalue weighted by atomic mass is 16.2. The van der Waals surface area contributed by atoms with Crippen LogP contribution in [0.5, 0.6) is 0 Å². The number of hydrogen-bond acceptors (Lipinski definition) is 3.